The first-order valence-electron chi connectivity index (χ1n) is 6.90. The van der Waals surface area contributed by atoms with E-state index in [1.54, 1.807) is 12.3 Å². The molecule has 3 aromatic rings. The van der Waals surface area contributed by atoms with E-state index in [1.807, 2.05) is 19.6 Å². The third-order valence-corrected chi connectivity index (χ3v) is 3.32. The number of nitrogens with zero attached hydrogens (tertiary/aromatic N) is 4. The summed E-state index contributed by atoms with van der Waals surface area (Å²) >= 11 is 0. The minimum atomic E-state index is -0.307. The van der Waals surface area contributed by atoms with Crippen molar-refractivity contribution in [2.45, 2.75) is 19.5 Å². The maximum absolute atomic E-state index is 13.1. The summed E-state index contributed by atoms with van der Waals surface area (Å²) in [5.41, 5.74) is 1.19. The molecule has 0 fully saturated rings. The summed E-state index contributed by atoms with van der Waals surface area (Å²) in [7, 11) is 2.02. The monoisotopic (exact) mass is 288 g/mol. The summed E-state index contributed by atoms with van der Waals surface area (Å²) in [5.74, 6) is 0.305. The van der Waals surface area contributed by atoms with Gasteiger partial charge in [0.25, 0.3) is 0 Å². The predicted octanol–water partition coefficient (Wildman–Crippen LogP) is 2.69. The molecule has 1 aromatic carbocycles. The van der Waals surface area contributed by atoms with Crippen LogP contribution in [0.4, 0.5) is 4.39 Å². The van der Waals surface area contributed by atoms with Crippen LogP contribution in [0.15, 0.2) is 41.3 Å². The SMILES string of the molecule is CN(CCCn1ccnc1)Cc1nc2ccc(F)cc2o1. The summed E-state index contributed by atoms with van der Waals surface area (Å²) in [6.45, 7) is 2.47. The molecule has 5 nitrogen and oxygen atoms in total. The zero-order valence-electron chi connectivity index (χ0n) is 11.9. The summed E-state index contributed by atoms with van der Waals surface area (Å²) in [5, 5.41) is 0. The zero-order valence-corrected chi connectivity index (χ0v) is 11.9. The smallest absolute Gasteiger partial charge is 0.209 e. The molecule has 0 radical (unpaired) electrons. The lowest BCUT2D eigenvalue weighted by molar-refractivity contribution is 0.283. The van der Waals surface area contributed by atoms with Gasteiger partial charge in [0.2, 0.25) is 5.89 Å². The molecule has 3 rings (SSSR count). The van der Waals surface area contributed by atoms with Crippen molar-refractivity contribution in [2.75, 3.05) is 13.6 Å². The number of rotatable bonds is 6. The van der Waals surface area contributed by atoms with Crippen LogP contribution >= 0.6 is 0 Å². The molecule has 0 unspecified atom stereocenters. The molecule has 0 N–H and O–H groups in total. The molecule has 0 aliphatic heterocycles. The van der Waals surface area contributed by atoms with Crippen molar-refractivity contribution in [3.05, 3.63) is 48.6 Å². The Morgan fingerprint density at radius 2 is 2.29 bits per heavy atom. The fraction of sp³-hybridized carbons (Fsp3) is 0.333. The van der Waals surface area contributed by atoms with Crippen LogP contribution in [0, 0.1) is 5.82 Å². The number of hydrogen-bond donors (Lipinski definition) is 0. The van der Waals surface area contributed by atoms with Crippen molar-refractivity contribution in [1.82, 2.24) is 19.4 Å². The van der Waals surface area contributed by atoms with Gasteiger partial charge in [-0.3, -0.25) is 4.90 Å². The summed E-state index contributed by atoms with van der Waals surface area (Å²) in [4.78, 5) is 10.5. The Morgan fingerprint density at radius 3 is 3.10 bits per heavy atom. The summed E-state index contributed by atoms with van der Waals surface area (Å²) in [6, 6.07) is 4.39. The van der Waals surface area contributed by atoms with Gasteiger partial charge < -0.3 is 8.98 Å². The molecule has 0 amide bonds. The van der Waals surface area contributed by atoms with Gasteiger partial charge in [0.05, 0.1) is 12.9 Å². The van der Waals surface area contributed by atoms with Gasteiger partial charge in [0.15, 0.2) is 5.58 Å². The third kappa shape index (κ3) is 3.46. The largest absolute Gasteiger partial charge is 0.439 e. The maximum atomic E-state index is 13.1. The van der Waals surface area contributed by atoms with E-state index in [0.29, 0.717) is 23.5 Å². The van der Waals surface area contributed by atoms with E-state index in [0.717, 1.165) is 19.5 Å². The molecule has 2 heterocycles. The summed E-state index contributed by atoms with van der Waals surface area (Å²) in [6.07, 6.45) is 6.56. The van der Waals surface area contributed by atoms with Crippen molar-refractivity contribution in [3.63, 3.8) is 0 Å². The number of oxazole rings is 1. The fourth-order valence-electron chi connectivity index (χ4n) is 2.27. The van der Waals surface area contributed by atoms with Crippen LogP contribution in [-0.4, -0.2) is 33.0 Å². The number of aromatic nitrogens is 3. The van der Waals surface area contributed by atoms with Crippen molar-refractivity contribution in [2.24, 2.45) is 0 Å². The van der Waals surface area contributed by atoms with Gasteiger partial charge >= 0.3 is 0 Å². The van der Waals surface area contributed by atoms with Crippen LogP contribution in [0.5, 0.6) is 0 Å². The molecule has 0 aliphatic carbocycles. The van der Waals surface area contributed by atoms with Gasteiger partial charge in [-0.25, -0.2) is 14.4 Å². The molecule has 0 bridgehead atoms. The lowest BCUT2D eigenvalue weighted by Gasteiger charge is -2.14. The Morgan fingerprint density at radius 1 is 1.38 bits per heavy atom. The van der Waals surface area contributed by atoms with E-state index < -0.39 is 0 Å². The average molecular weight is 288 g/mol. The van der Waals surface area contributed by atoms with E-state index in [2.05, 4.69) is 19.4 Å². The van der Waals surface area contributed by atoms with Gasteiger partial charge in [0, 0.05) is 31.5 Å². The predicted molar refractivity (Wildman–Crippen MR) is 77.1 cm³/mol. The van der Waals surface area contributed by atoms with Gasteiger partial charge in [-0.1, -0.05) is 0 Å². The topological polar surface area (TPSA) is 47.1 Å². The van der Waals surface area contributed by atoms with Crippen LogP contribution in [0.25, 0.3) is 11.1 Å². The molecule has 2 aromatic heterocycles. The van der Waals surface area contributed by atoms with E-state index in [9.17, 15) is 4.39 Å². The van der Waals surface area contributed by atoms with Crippen molar-refractivity contribution >= 4 is 11.1 Å². The number of imidazole rings is 1. The maximum Gasteiger partial charge on any atom is 0.209 e. The molecule has 6 heteroatoms. The molecule has 0 atom stereocenters. The highest BCUT2D eigenvalue weighted by molar-refractivity contribution is 5.72. The molecule has 0 spiro atoms. The lowest BCUT2D eigenvalue weighted by atomic mass is 10.3. The lowest BCUT2D eigenvalue weighted by Crippen LogP contribution is -2.20. The van der Waals surface area contributed by atoms with Crippen LogP contribution in [0.2, 0.25) is 0 Å². The van der Waals surface area contributed by atoms with Crippen LogP contribution in [-0.2, 0) is 13.1 Å². The highest BCUT2D eigenvalue weighted by Gasteiger charge is 2.09. The van der Waals surface area contributed by atoms with Gasteiger partial charge in [-0.2, -0.15) is 0 Å². The van der Waals surface area contributed by atoms with E-state index in [4.69, 9.17) is 4.42 Å². The number of halogens is 1. The molecule has 0 saturated carbocycles. The van der Waals surface area contributed by atoms with Crippen LogP contribution in [0.3, 0.4) is 0 Å². The fourth-order valence-corrected chi connectivity index (χ4v) is 2.27. The van der Waals surface area contributed by atoms with E-state index in [1.165, 1.54) is 12.1 Å². The highest BCUT2D eigenvalue weighted by Crippen LogP contribution is 2.17. The van der Waals surface area contributed by atoms with Crippen molar-refractivity contribution < 1.29 is 8.81 Å². The first kappa shape index (κ1) is 13.8. The molecule has 21 heavy (non-hydrogen) atoms. The number of hydrogen-bond acceptors (Lipinski definition) is 4. The number of fused-ring (bicyclic) bond motifs is 1. The Balaban J connectivity index is 1.54. The molecular formula is C15H17FN4O. The second kappa shape index (κ2) is 6.05. The average Bonchev–Trinajstić information content (AvgIpc) is 3.07. The van der Waals surface area contributed by atoms with Crippen LogP contribution in [0.1, 0.15) is 12.3 Å². The Kier molecular flexibility index (Phi) is 3.96. The Labute approximate surface area is 122 Å². The highest BCUT2D eigenvalue weighted by atomic mass is 19.1. The zero-order chi connectivity index (χ0) is 14.7. The number of benzene rings is 1. The van der Waals surface area contributed by atoms with Gasteiger partial charge in [-0.05, 0) is 25.6 Å². The minimum Gasteiger partial charge on any atom is -0.439 e. The molecular weight excluding hydrogens is 271 g/mol. The quantitative estimate of drug-likeness (QED) is 0.699. The molecule has 0 saturated heterocycles. The second-order valence-corrected chi connectivity index (χ2v) is 5.11. The second-order valence-electron chi connectivity index (χ2n) is 5.11. The Bertz CT molecular complexity index is 708. The first-order chi connectivity index (χ1) is 10.2. The summed E-state index contributed by atoms with van der Waals surface area (Å²) < 4.78 is 20.7. The third-order valence-electron chi connectivity index (χ3n) is 3.32. The van der Waals surface area contributed by atoms with Gasteiger partial charge in [0.1, 0.15) is 11.3 Å². The van der Waals surface area contributed by atoms with E-state index in [-0.39, 0.29) is 5.82 Å². The van der Waals surface area contributed by atoms with E-state index >= 15 is 0 Å². The Hall–Kier alpha value is -2.21. The normalized spacial score (nSPS) is 11.6. The molecule has 0 aliphatic rings. The minimum absolute atomic E-state index is 0.307. The van der Waals surface area contributed by atoms with Crippen LogP contribution < -0.4 is 0 Å². The number of aryl methyl sites for hydroxylation is 1. The van der Waals surface area contributed by atoms with Crippen molar-refractivity contribution in [3.8, 4) is 0 Å². The van der Waals surface area contributed by atoms with Gasteiger partial charge in [-0.15, -0.1) is 0 Å². The first-order valence-corrected chi connectivity index (χ1v) is 6.90. The molecule has 110 valence electrons. The van der Waals surface area contributed by atoms with Crippen molar-refractivity contribution in [1.29, 1.82) is 0 Å². The standard InChI is InChI=1S/C15H17FN4O/c1-19(6-2-7-20-8-5-17-11-20)10-15-18-13-4-3-12(16)9-14(13)21-15/h3-5,8-9,11H,2,6-7,10H2,1H3.